The molecule has 1 saturated heterocycles. The quantitative estimate of drug-likeness (QED) is 0.940. The van der Waals surface area contributed by atoms with Crippen molar-refractivity contribution in [1.82, 2.24) is 10.2 Å². The van der Waals surface area contributed by atoms with E-state index in [0.717, 1.165) is 16.6 Å². The number of thioether (sulfide) groups is 1. The van der Waals surface area contributed by atoms with E-state index in [4.69, 9.17) is 0 Å². The zero-order valence-corrected chi connectivity index (χ0v) is 11.9. The summed E-state index contributed by atoms with van der Waals surface area (Å²) < 4.78 is 0. The second-order valence-electron chi connectivity index (χ2n) is 4.99. The van der Waals surface area contributed by atoms with Crippen molar-refractivity contribution in [2.45, 2.75) is 13.3 Å². The standard InChI is InChI=1S/C14H15N3O2S/c1-9(18)20-8-10-5-13(19)17(7-10)12-4-2-3-11-6-15-16-14(11)12/h2-4,6,10H,5,7-8H2,1H3,(H,15,16). The van der Waals surface area contributed by atoms with Gasteiger partial charge in [-0.15, -0.1) is 0 Å². The smallest absolute Gasteiger partial charge is 0.227 e. The number of hydrogen-bond acceptors (Lipinski definition) is 4. The molecule has 0 spiro atoms. The van der Waals surface area contributed by atoms with E-state index in [9.17, 15) is 9.59 Å². The normalized spacial score (nSPS) is 18.9. The number of carbonyl (C=O) groups excluding carboxylic acids is 2. The molecule has 0 radical (unpaired) electrons. The van der Waals surface area contributed by atoms with E-state index >= 15 is 0 Å². The summed E-state index contributed by atoms with van der Waals surface area (Å²) in [5.41, 5.74) is 1.76. The van der Waals surface area contributed by atoms with Gasteiger partial charge in [-0.3, -0.25) is 14.7 Å². The molecule has 1 aliphatic rings. The minimum atomic E-state index is 0.103. The summed E-state index contributed by atoms with van der Waals surface area (Å²) >= 11 is 1.30. The van der Waals surface area contributed by atoms with E-state index in [-0.39, 0.29) is 16.9 Å². The summed E-state index contributed by atoms with van der Waals surface area (Å²) in [5.74, 6) is 1.05. The zero-order chi connectivity index (χ0) is 14.1. The number of amides is 1. The monoisotopic (exact) mass is 289 g/mol. The zero-order valence-electron chi connectivity index (χ0n) is 11.1. The summed E-state index contributed by atoms with van der Waals surface area (Å²) in [6.45, 7) is 2.22. The lowest BCUT2D eigenvalue weighted by molar-refractivity contribution is -0.117. The Balaban J connectivity index is 1.82. The minimum Gasteiger partial charge on any atom is -0.310 e. The first-order valence-electron chi connectivity index (χ1n) is 6.51. The van der Waals surface area contributed by atoms with Crippen LogP contribution in [0.25, 0.3) is 10.9 Å². The van der Waals surface area contributed by atoms with E-state index in [1.807, 2.05) is 18.2 Å². The first kappa shape index (κ1) is 13.2. The van der Waals surface area contributed by atoms with Gasteiger partial charge >= 0.3 is 0 Å². The van der Waals surface area contributed by atoms with Gasteiger partial charge in [-0.05, 0) is 12.0 Å². The largest absolute Gasteiger partial charge is 0.310 e. The molecule has 0 saturated carbocycles. The van der Waals surface area contributed by atoms with E-state index in [1.54, 1.807) is 18.0 Å². The molecule has 2 heterocycles. The Labute approximate surface area is 120 Å². The number of hydrogen-bond donors (Lipinski definition) is 1. The van der Waals surface area contributed by atoms with Gasteiger partial charge in [-0.1, -0.05) is 23.9 Å². The number of aromatic nitrogens is 2. The van der Waals surface area contributed by atoms with Crippen LogP contribution in [0.3, 0.4) is 0 Å². The molecule has 20 heavy (non-hydrogen) atoms. The predicted molar refractivity (Wildman–Crippen MR) is 79.7 cm³/mol. The van der Waals surface area contributed by atoms with Crippen molar-refractivity contribution < 1.29 is 9.59 Å². The number of aromatic amines is 1. The second-order valence-corrected chi connectivity index (χ2v) is 6.19. The maximum Gasteiger partial charge on any atom is 0.227 e. The predicted octanol–water partition coefficient (Wildman–Crippen LogP) is 2.20. The van der Waals surface area contributed by atoms with Crippen molar-refractivity contribution in [3.8, 4) is 0 Å². The lowest BCUT2D eigenvalue weighted by atomic mass is 10.1. The number of rotatable bonds is 3. The van der Waals surface area contributed by atoms with E-state index in [1.165, 1.54) is 11.8 Å². The van der Waals surface area contributed by atoms with Crippen LogP contribution in [-0.4, -0.2) is 33.5 Å². The van der Waals surface area contributed by atoms with Gasteiger partial charge < -0.3 is 4.90 Å². The second kappa shape index (κ2) is 5.28. The van der Waals surface area contributed by atoms with E-state index in [0.29, 0.717) is 18.7 Å². The van der Waals surface area contributed by atoms with E-state index in [2.05, 4.69) is 10.2 Å². The highest BCUT2D eigenvalue weighted by atomic mass is 32.2. The van der Waals surface area contributed by atoms with E-state index < -0.39 is 0 Å². The number of benzene rings is 1. The Morgan fingerprint density at radius 1 is 1.55 bits per heavy atom. The van der Waals surface area contributed by atoms with Gasteiger partial charge in [0.2, 0.25) is 5.91 Å². The first-order valence-corrected chi connectivity index (χ1v) is 7.49. The van der Waals surface area contributed by atoms with Gasteiger partial charge in [0.05, 0.1) is 17.4 Å². The van der Waals surface area contributed by atoms with Crippen LogP contribution in [0.1, 0.15) is 13.3 Å². The van der Waals surface area contributed by atoms with Crippen LogP contribution in [0, 0.1) is 5.92 Å². The Morgan fingerprint density at radius 3 is 3.20 bits per heavy atom. The molecule has 104 valence electrons. The molecule has 1 aromatic carbocycles. The summed E-state index contributed by atoms with van der Waals surface area (Å²) in [6.07, 6.45) is 2.26. The molecule has 1 fully saturated rings. The molecule has 1 N–H and O–H groups in total. The average molecular weight is 289 g/mol. The van der Waals surface area contributed by atoms with Crippen LogP contribution in [0.5, 0.6) is 0 Å². The number of fused-ring (bicyclic) bond motifs is 1. The number of para-hydroxylation sites is 1. The molecule has 1 aromatic heterocycles. The summed E-state index contributed by atoms with van der Waals surface area (Å²) in [6, 6.07) is 5.82. The van der Waals surface area contributed by atoms with Crippen LogP contribution in [0.2, 0.25) is 0 Å². The minimum absolute atomic E-state index is 0.103. The summed E-state index contributed by atoms with van der Waals surface area (Å²) in [4.78, 5) is 25.0. The number of carbonyl (C=O) groups is 2. The highest BCUT2D eigenvalue weighted by Crippen LogP contribution is 2.31. The first-order chi connectivity index (χ1) is 9.65. The fraction of sp³-hybridized carbons (Fsp3) is 0.357. The molecule has 3 rings (SSSR count). The van der Waals surface area contributed by atoms with Gasteiger partial charge in [-0.25, -0.2) is 0 Å². The molecule has 1 atom stereocenters. The maximum atomic E-state index is 12.2. The van der Waals surface area contributed by atoms with Crippen molar-refractivity contribution >= 4 is 39.4 Å². The lowest BCUT2D eigenvalue weighted by Gasteiger charge is -2.17. The molecule has 1 aliphatic heterocycles. The molecule has 0 aliphatic carbocycles. The number of anilines is 1. The van der Waals surface area contributed by atoms with Gasteiger partial charge in [0, 0.05) is 31.0 Å². The van der Waals surface area contributed by atoms with Crippen molar-refractivity contribution in [3.05, 3.63) is 24.4 Å². The van der Waals surface area contributed by atoms with Gasteiger partial charge in [0.15, 0.2) is 5.12 Å². The molecular formula is C14H15N3O2S. The fourth-order valence-electron chi connectivity index (χ4n) is 2.54. The molecule has 1 amide bonds. The number of nitrogens with zero attached hydrogens (tertiary/aromatic N) is 2. The van der Waals surface area contributed by atoms with Crippen molar-refractivity contribution in [2.75, 3.05) is 17.2 Å². The van der Waals surface area contributed by atoms with Crippen molar-refractivity contribution in [2.24, 2.45) is 5.92 Å². The van der Waals surface area contributed by atoms with Crippen molar-refractivity contribution in [3.63, 3.8) is 0 Å². The van der Waals surface area contributed by atoms with Crippen LogP contribution in [0.15, 0.2) is 24.4 Å². The summed E-state index contributed by atoms with van der Waals surface area (Å²) in [5, 5.41) is 8.07. The van der Waals surface area contributed by atoms with Crippen LogP contribution in [-0.2, 0) is 9.59 Å². The van der Waals surface area contributed by atoms with Crippen LogP contribution in [0.4, 0.5) is 5.69 Å². The summed E-state index contributed by atoms with van der Waals surface area (Å²) in [7, 11) is 0. The number of H-pyrrole nitrogens is 1. The van der Waals surface area contributed by atoms with Crippen molar-refractivity contribution in [1.29, 1.82) is 0 Å². The maximum absolute atomic E-state index is 12.2. The SMILES string of the molecule is CC(=O)SCC1CC(=O)N(c2cccc3cn[nH]c23)C1. The third kappa shape index (κ3) is 2.43. The Kier molecular flexibility index (Phi) is 3.48. The fourth-order valence-corrected chi connectivity index (χ4v) is 3.23. The highest BCUT2D eigenvalue weighted by Gasteiger charge is 2.31. The molecule has 0 bridgehead atoms. The molecule has 2 aromatic rings. The Morgan fingerprint density at radius 2 is 2.40 bits per heavy atom. The molecule has 6 heteroatoms. The van der Waals surface area contributed by atoms with Crippen LogP contribution >= 0.6 is 11.8 Å². The third-order valence-electron chi connectivity index (χ3n) is 3.47. The van der Waals surface area contributed by atoms with Crippen LogP contribution < -0.4 is 4.90 Å². The van der Waals surface area contributed by atoms with Gasteiger partial charge in [0.25, 0.3) is 0 Å². The Bertz CT molecular complexity index is 667. The molecule has 5 nitrogen and oxygen atoms in total. The Hall–Kier alpha value is -1.82. The van der Waals surface area contributed by atoms with Gasteiger partial charge in [0.1, 0.15) is 0 Å². The average Bonchev–Trinajstić information content (AvgIpc) is 3.02. The lowest BCUT2D eigenvalue weighted by Crippen LogP contribution is -2.25. The third-order valence-corrected chi connectivity index (χ3v) is 4.52. The highest BCUT2D eigenvalue weighted by molar-refractivity contribution is 8.13. The topological polar surface area (TPSA) is 66.1 Å². The molecule has 1 unspecified atom stereocenters. The number of nitrogens with one attached hydrogen (secondary N) is 1. The molecular weight excluding hydrogens is 274 g/mol. The van der Waals surface area contributed by atoms with Gasteiger partial charge in [-0.2, -0.15) is 5.10 Å².